The number of fused-ring (bicyclic) bond motifs is 1. The van der Waals surface area contributed by atoms with Crippen molar-refractivity contribution in [1.82, 2.24) is 0 Å². The molecule has 4 rings (SSSR count). The van der Waals surface area contributed by atoms with Gasteiger partial charge in [0.25, 0.3) is 0 Å². The second-order valence-electron chi connectivity index (χ2n) is 9.12. The predicted molar refractivity (Wildman–Crippen MR) is 118 cm³/mol. The molecule has 2 amide bonds. The lowest BCUT2D eigenvalue weighted by Crippen LogP contribution is -2.41. The molecule has 0 radical (unpaired) electrons. The zero-order chi connectivity index (χ0) is 21.0. The number of nitrogens with one attached hydrogen (secondary N) is 1. The van der Waals surface area contributed by atoms with Crippen LogP contribution in [0.15, 0.2) is 36.4 Å². The van der Waals surface area contributed by atoms with Crippen molar-refractivity contribution in [2.45, 2.75) is 59.2 Å². The Morgan fingerprint density at radius 2 is 1.72 bits per heavy atom. The number of aryl methyl sites for hydroxylation is 2. The summed E-state index contributed by atoms with van der Waals surface area (Å²) in [5.41, 5.74) is 5.48. The molecule has 2 aromatic rings. The van der Waals surface area contributed by atoms with Crippen LogP contribution in [0.1, 0.15) is 44.4 Å². The van der Waals surface area contributed by atoms with Gasteiger partial charge in [-0.1, -0.05) is 23.8 Å². The van der Waals surface area contributed by atoms with E-state index < -0.39 is 7.12 Å². The second-order valence-corrected chi connectivity index (χ2v) is 9.12. The highest BCUT2D eigenvalue weighted by molar-refractivity contribution is 6.62. The van der Waals surface area contributed by atoms with Crippen LogP contribution in [0.3, 0.4) is 0 Å². The Morgan fingerprint density at radius 1 is 1.03 bits per heavy atom. The summed E-state index contributed by atoms with van der Waals surface area (Å²) < 4.78 is 12.3. The average molecular weight is 392 g/mol. The minimum atomic E-state index is -0.404. The molecule has 2 heterocycles. The molecule has 0 aromatic heterocycles. The summed E-state index contributed by atoms with van der Waals surface area (Å²) in [6, 6.07) is 12.0. The van der Waals surface area contributed by atoms with Gasteiger partial charge in [0, 0.05) is 17.9 Å². The standard InChI is InChI=1S/C23H29BN2O3/c1-15-7-10-20-17(13-15)11-12-26(20)21(27)25-18-8-9-19(16(2)14-18)24-28-22(3,4)23(5,6)29-24/h7-10,13-14H,11-12H2,1-6H3,(H,25,27). The minimum absolute atomic E-state index is 0.101. The minimum Gasteiger partial charge on any atom is -0.399 e. The Balaban J connectivity index is 1.49. The molecule has 1 saturated heterocycles. The first-order valence-electron chi connectivity index (χ1n) is 10.2. The van der Waals surface area contributed by atoms with E-state index in [9.17, 15) is 4.79 Å². The number of rotatable bonds is 2. The van der Waals surface area contributed by atoms with Gasteiger partial charge in [0.05, 0.1) is 11.2 Å². The van der Waals surface area contributed by atoms with Crippen LogP contribution in [-0.4, -0.2) is 30.9 Å². The van der Waals surface area contributed by atoms with Gasteiger partial charge in [-0.2, -0.15) is 0 Å². The van der Waals surface area contributed by atoms with Crippen molar-refractivity contribution in [2.24, 2.45) is 0 Å². The maximum atomic E-state index is 12.9. The number of amides is 2. The summed E-state index contributed by atoms with van der Waals surface area (Å²) >= 11 is 0. The van der Waals surface area contributed by atoms with E-state index >= 15 is 0 Å². The molecule has 2 aromatic carbocycles. The third-order valence-corrected chi connectivity index (χ3v) is 6.40. The zero-order valence-corrected chi connectivity index (χ0v) is 18.1. The molecule has 5 nitrogen and oxygen atoms in total. The molecule has 0 bridgehead atoms. The van der Waals surface area contributed by atoms with Gasteiger partial charge in [-0.3, -0.25) is 4.90 Å². The number of nitrogens with zero attached hydrogens (tertiary/aromatic N) is 1. The number of urea groups is 1. The molecule has 6 heteroatoms. The molecule has 1 N–H and O–H groups in total. The van der Waals surface area contributed by atoms with E-state index in [0.717, 1.165) is 28.8 Å². The summed E-state index contributed by atoms with van der Waals surface area (Å²) in [5, 5.41) is 3.04. The Hall–Kier alpha value is -2.31. The number of hydrogen-bond acceptors (Lipinski definition) is 3. The lowest BCUT2D eigenvalue weighted by Gasteiger charge is -2.32. The van der Waals surface area contributed by atoms with Crippen molar-refractivity contribution in [3.63, 3.8) is 0 Å². The topological polar surface area (TPSA) is 50.8 Å². The van der Waals surface area contributed by atoms with Gasteiger partial charge < -0.3 is 14.6 Å². The molecular formula is C23H29BN2O3. The van der Waals surface area contributed by atoms with Crippen LogP contribution in [0, 0.1) is 13.8 Å². The fourth-order valence-electron chi connectivity index (χ4n) is 3.92. The summed E-state index contributed by atoms with van der Waals surface area (Å²) in [4.78, 5) is 14.7. The van der Waals surface area contributed by atoms with Gasteiger partial charge in [0.15, 0.2) is 0 Å². The van der Waals surface area contributed by atoms with E-state index in [2.05, 4.69) is 18.3 Å². The number of anilines is 2. The summed E-state index contributed by atoms with van der Waals surface area (Å²) in [7, 11) is -0.404. The Bertz CT molecular complexity index is 955. The van der Waals surface area contributed by atoms with Crippen LogP contribution in [0.2, 0.25) is 0 Å². The number of carbonyl (C=O) groups excluding carboxylic acids is 1. The Labute approximate surface area is 173 Å². The van der Waals surface area contributed by atoms with Crippen LogP contribution < -0.4 is 15.7 Å². The maximum absolute atomic E-state index is 12.9. The highest BCUT2D eigenvalue weighted by Crippen LogP contribution is 2.37. The lowest BCUT2D eigenvalue weighted by atomic mass is 9.76. The fourth-order valence-corrected chi connectivity index (χ4v) is 3.92. The van der Waals surface area contributed by atoms with Crippen molar-refractivity contribution in [1.29, 1.82) is 0 Å². The number of benzene rings is 2. The SMILES string of the molecule is Cc1ccc2c(c1)CCN2C(=O)Nc1ccc(B2OC(C)(C)C(C)(C)O2)c(C)c1. The summed E-state index contributed by atoms with van der Waals surface area (Å²) in [6.07, 6.45) is 0.893. The third-order valence-electron chi connectivity index (χ3n) is 6.40. The third kappa shape index (κ3) is 3.56. The molecule has 2 aliphatic rings. The first-order valence-corrected chi connectivity index (χ1v) is 10.2. The smallest absolute Gasteiger partial charge is 0.399 e. The van der Waals surface area contributed by atoms with Crippen molar-refractivity contribution in [3.8, 4) is 0 Å². The highest BCUT2D eigenvalue weighted by atomic mass is 16.7. The van der Waals surface area contributed by atoms with E-state index in [1.807, 2.05) is 69.9 Å². The molecule has 0 spiro atoms. The van der Waals surface area contributed by atoms with E-state index in [1.165, 1.54) is 11.1 Å². The van der Waals surface area contributed by atoms with Crippen molar-refractivity contribution in [3.05, 3.63) is 53.1 Å². The predicted octanol–water partition coefficient (Wildman–Crippen LogP) is 4.20. The fraction of sp³-hybridized carbons (Fsp3) is 0.435. The van der Waals surface area contributed by atoms with Crippen LogP contribution in [-0.2, 0) is 15.7 Å². The van der Waals surface area contributed by atoms with Gasteiger partial charge in [0.1, 0.15) is 0 Å². The van der Waals surface area contributed by atoms with Crippen LogP contribution >= 0.6 is 0 Å². The first kappa shape index (κ1) is 20.0. The maximum Gasteiger partial charge on any atom is 0.495 e. The molecule has 0 atom stereocenters. The molecule has 29 heavy (non-hydrogen) atoms. The number of carbonyl (C=O) groups is 1. The zero-order valence-electron chi connectivity index (χ0n) is 18.1. The first-order chi connectivity index (χ1) is 13.6. The highest BCUT2D eigenvalue weighted by Gasteiger charge is 2.52. The van der Waals surface area contributed by atoms with Crippen LogP contribution in [0.5, 0.6) is 0 Å². The van der Waals surface area contributed by atoms with Gasteiger partial charge in [-0.25, -0.2) is 4.79 Å². The van der Waals surface area contributed by atoms with Crippen LogP contribution in [0.4, 0.5) is 16.2 Å². The average Bonchev–Trinajstić information content (AvgIpc) is 3.12. The van der Waals surface area contributed by atoms with Gasteiger partial charge >= 0.3 is 13.1 Å². The summed E-state index contributed by atoms with van der Waals surface area (Å²) in [6.45, 7) is 13.0. The second kappa shape index (κ2) is 6.89. The van der Waals surface area contributed by atoms with Crippen LogP contribution in [0.25, 0.3) is 0 Å². The molecule has 0 saturated carbocycles. The van der Waals surface area contributed by atoms with Crippen molar-refractivity contribution < 1.29 is 14.1 Å². The molecule has 2 aliphatic heterocycles. The van der Waals surface area contributed by atoms with E-state index in [4.69, 9.17) is 9.31 Å². The molecular weight excluding hydrogens is 363 g/mol. The monoisotopic (exact) mass is 392 g/mol. The largest absolute Gasteiger partial charge is 0.495 e. The Kier molecular flexibility index (Phi) is 4.75. The number of hydrogen-bond donors (Lipinski definition) is 1. The van der Waals surface area contributed by atoms with Gasteiger partial charge in [0.2, 0.25) is 0 Å². The Morgan fingerprint density at radius 3 is 2.38 bits per heavy atom. The quantitative estimate of drug-likeness (QED) is 0.780. The molecule has 0 unspecified atom stereocenters. The normalized spacial score (nSPS) is 19.4. The lowest BCUT2D eigenvalue weighted by molar-refractivity contribution is 0.00578. The van der Waals surface area contributed by atoms with Crippen molar-refractivity contribution >= 4 is 30.0 Å². The molecule has 1 fully saturated rings. The van der Waals surface area contributed by atoms with E-state index in [0.29, 0.717) is 6.54 Å². The van der Waals surface area contributed by atoms with Crippen molar-refractivity contribution in [2.75, 3.05) is 16.8 Å². The van der Waals surface area contributed by atoms with E-state index in [1.54, 1.807) is 0 Å². The molecule has 0 aliphatic carbocycles. The van der Waals surface area contributed by atoms with Gasteiger partial charge in [-0.05, 0) is 82.8 Å². The summed E-state index contributed by atoms with van der Waals surface area (Å²) in [5.74, 6) is 0. The van der Waals surface area contributed by atoms with E-state index in [-0.39, 0.29) is 17.2 Å². The van der Waals surface area contributed by atoms with Gasteiger partial charge in [-0.15, -0.1) is 0 Å². The molecule has 152 valence electrons.